The minimum Gasteiger partial charge on any atom is -0.350 e. The number of hydrogen-bond acceptors (Lipinski definition) is 6. The molecule has 2 unspecified atom stereocenters. The second-order valence-corrected chi connectivity index (χ2v) is 8.66. The highest BCUT2D eigenvalue weighted by molar-refractivity contribution is 5.92. The molecule has 8 nitrogen and oxygen atoms in total. The van der Waals surface area contributed by atoms with E-state index in [1.807, 2.05) is 53.4 Å². The number of anilines is 1. The summed E-state index contributed by atoms with van der Waals surface area (Å²) in [4.78, 5) is 34.8. The van der Waals surface area contributed by atoms with Gasteiger partial charge >= 0.3 is 0 Å². The zero-order valence-corrected chi connectivity index (χ0v) is 18.0. The first-order chi connectivity index (χ1) is 16.2. The summed E-state index contributed by atoms with van der Waals surface area (Å²) in [6.45, 7) is 1.19. The van der Waals surface area contributed by atoms with Crippen LogP contribution in [0.3, 0.4) is 0 Å². The summed E-state index contributed by atoms with van der Waals surface area (Å²) >= 11 is 0. The molecule has 0 saturated carbocycles. The Hall–Kier alpha value is -3.94. The normalized spacial score (nSPS) is 20.2. The van der Waals surface area contributed by atoms with E-state index in [1.165, 1.54) is 0 Å². The van der Waals surface area contributed by atoms with E-state index in [2.05, 4.69) is 10.1 Å². The maximum Gasteiger partial charge on any atom is 0.292 e. The van der Waals surface area contributed by atoms with Crippen LogP contribution in [0.25, 0.3) is 16.9 Å². The molecule has 4 aromatic rings. The van der Waals surface area contributed by atoms with Crippen molar-refractivity contribution in [3.05, 3.63) is 83.0 Å². The van der Waals surface area contributed by atoms with Crippen LogP contribution in [0, 0.1) is 0 Å². The third-order valence-electron chi connectivity index (χ3n) is 6.68. The fraction of sp³-hybridized carbons (Fsp3) is 0.280. The highest BCUT2D eigenvalue weighted by Crippen LogP contribution is 2.34. The standard InChI is InChI=1S/C25H23N5O3/c31-24-15-23(26-22-8-4-5-12-29(22)24)30-18-9-10-19(30)16-28(13-11-18)25(32)21-14-20(27-33-21)17-6-2-1-3-7-17/h1-8,12,14-15,18-19H,9-11,13,16H2. The molecular formula is C25H23N5O3. The van der Waals surface area contributed by atoms with Crippen LogP contribution in [0.1, 0.15) is 29.8 Å². The zero-order chi connectivity index (χ0) is 22.4. The highest BCUT2D eigenvalue weighted by Gasteiger charge is 2.40. The molecule has 2 atom stereocenters. The summed E-state index contributed by atoms with van der Waals surface area (Å²) < 4.78 is 6.97. The molecule has 2 bridgehead atoms. The van der Waals surface area contributed by atoms with Gasteiger partial charge in [-0.3, -0.25) is 14.0 Å². The SMILES string of the molecule is O=C(c1cc(-c2ccccc2)no1)N1CCC2CCC(C1)N2c1cc(=O)n2ccccc2n1. The van der Waals surface area contributed by atoms with Gasteiger partial charge in [0, 0.05) is 49.1 Å². The van der Waals surface area contributed by atoms with Crippen LogP contribution < -0.4 is 10.5 Å². The minimum atomic E-state index is -0.149. The van der Waals surface area contributed by atoms with E-state index in [4.69, 9.17) is 9.51 Å². The van der Waals surface area contributed by atoms with Crippen molar-refractivity contribution >= 4 is 17.4 Å². The van der Waals surface area contributed by atoms with Crippen molar-refractivity contribution in [2.45, 2.75) is 31.3 Å². The molecule has 2 aliphatic heterocycles. The molecule has 0 N–H and O–H groups in total. The lowest BCUT2D eigenvalue weighted by Gasteiger charge is -2.29. The first kappa shape index (κ1) is 19.7. The van der Waals surface area contributed by atoms with Crippen LogP contribution in [0.15, 0.2) is 76.2 Å². The van der Waals surface area contributed by atoms with Crippen molar-refractivity contribution in [3.63, 3.8) is 0 Å². The van der Waals surface area contributed by atoms with Crippen molar-refractivity contribution in [1.29, 1.82) is 0 Å². The lowest BCUT2D eigenvalue weighted by molar-refractivity contribution is 0.0707. The lowest BCUT2D eigenvalue weighted by atomic mass is 10.1. The van der Waals surface area contributed by atoms with E-state index in [1.54, 1.807) is 22.7 Å². The molecule has 2 fully saturated rings. The monoisotopic (exact) mass is 441 g/mol. The van der Waals surface area contributed by atoms with Crippen molar-refractivity contribution in [3.8, 4) is 11.3 Å². The highest BCUT2D eigenvalue weighted by atomic mass is 16.5. The van der Waals surface area contributed by atoms with E-state index in [9.17, 15) is 9.59 Å². The van der Waals surface area contributed by atoms with Gasteiger partial charge in [-0.25, -0.2) is 4.98 Å². The smallest absolute Gasteiger partial charge is 0.292 e. The van der Waals surface area contributed by atoms with Crippen LogP contribution >= 0.6 is 0 Å². The summed E-state index contributed by atoms with van der Waals surface area (Å²) in [5.41, 5.74) is 2.10. The predicted molar refractivity (Wildman–Crippen MR) is 123 cm³/mol. The van der Waals surface area contributed by atoms with Crippen molar-refractivity contribution in [1.82, 2.24) is 19.4 Å². The molecular weight excluding hydrogens is 418 g/mol. The number of carbonyl (C=O) groups is 1. The molecule has 0 spiro atoms. The Balaban J connectivity index is 1.26. The van der Waals surface area contributed by atoms with Gasteiger partial charge in [-0.1, -0.05) is 41.6 Å². The number of amides is 1. The Morgan fingerprint density at radius 3 is 2.67 bits per heavy atom. The fourth-order valence-corrected chi connectivity index (χ4v) is 5.08. The first-order valence-electron chi connectivity index (χ1n) is 11.3. The van der Waals surface area contributed by atoms with Crippen LogP contribution in [-0.4, -0.2) is 50.5 Å². The van der Waals surface area contributed by atoms with Crippen LogP contribution in [0.4, 0.5) is 5.82 Å². The molecule has 8 heteroatoms. The summed E-state index contributed by atoms with van der Waals surface area (Å²) in [6, 6.07) is 18.9. The summed E-state index contributed by atoms with van der Waals surface area (Å²) in [7, 11) is 0. The molecule has 166 valence electrons. The molecule has 1 aromatic carbocycles. The molecule has 0 radical (unpaired) electrons. The van der Waals surface area contributed by atoms with Crippen LogP contribution in [0.5, 0.6) is 0 Å². The van der Waals surface area contributed by atoms with E-state index in [0.717, 1.165) is 24.8 Å². The molecule has 33 heavy (non-hydrogen) atoms. The average Bonchev–Trinajstić information content (AvgIpc) is 3.44. The number of likely N-dealkylation sites (tertiary alicyclic amines) is 1. The van der Waals surface area contributed by atoms with Crippen molar-refractivity contribution < 1.29 is 9.32 Å². The zero-order valence-electron chi connectivity index (χ0n) is 18.0. The number of rotatable bonds is 3. The van der Waals surface area contributed by atoms with Crippen molar-refractivity contribution in [2.24, 2.45) is 0 Å². The number of fused-ring (bicyclic) bond motifs is 3. The number of nitrogens with zero attached hydrogens (tertiary/aromatic N) is 5. The third kappa shape index (κ3) is 3.47. The molecule has 6 rings (SSSR count). The molecule has 2 saturated heterocycles. The topological polar surface area (TPSA) is 84.0 Å². The van der Waals surface area contributed by atoms with Gasteiger partial charge in [-0.2, -0.15) is 0 Å². The van der Waals surface area contributed by atoms with Gasteiger partial charge in [-0.15, -0.1) is 0 Å². The van der Waals surface area contributed by atoms with Gasteiger partial charge in [0.25, 0.3) is 11.5 Å². The van der Waals surface area contributed by atoms with Gasteiger partial charge in [-0.05, 0) is 31.4 Å². The molecule has 3 aromatic heterocycles. The Kier molecular flexibility index (Phi) is 4.71. The van der Waals surface area contributed by atoms with E-state index in [0.29, 0.717) is 30.2 Å². The molecule has 0 aliphatic carbocycles. The second-order valence-electron chi connectivity index (χ2n) is 8.66. The van der Waals surface area contributed by atoms with E-state index < -0.39 is 0 Å². The maximum absolute atomic E-state index is 13.3. The van der Waals surface area contributed by atoms with E-state index >= 15 is 0 Å². The third-order valence-corrected chi connectivity index (χ3v) is 6.68. The number of pyridine rings is 1. The summed E-state index contributed by atoms with van der Waals surface area (Å²) in [6.07, 6.45) is 4.53. The molecule has 2 aliphatic rings. The number of hydrogen-bond donors (Lipinski definition) is 0. The molecule has 5 heterocycles. The quantitative estimate of drug-likeness (QED) is 0.485. The van der Waals surface area contributed by atoms with Crippen molar-refractivity contribution in [2.75, 3.05) is 18.0 Å². The second kappa shape index (κ2) is 7.88. The summed E-state index contributed by atoms with van der Waals surface area (Å²) in [5, 5.41) is 4.09. The van der Waals surface area contributed by atoms with Gasteiger partial charge in [0.15, 0.2) is 0 Å². The average molecular weight is 441 g/mol. The van der Waals surface area contributed by atoms with E-state index in [-0.39, 0.29) is 29.3 Å². The number of aromatic nitrogens is 3. The lowest BCUT2D eigenvalue weighted by Crippen LogP contribution is -2.42. The van der Waals surface area contributed by atoms with Gasteiger partial charge in [0.2, 0.25) is 5.76 Å². The predicted octanol–water partition coefficient (Wildman–Crippen LogP) is 3.23. The Labute approximate surface area is 190 Å². The minimum absolute atomic E-state index is 0.0951. The Morgan fingerprint density at radius 2 is 1.79 bits per heavy atom. The maximum atomic E-state index is 13.3. The van der Waals surface area contributed by atoms with Gasteiger partial charge in [0.1, 0.15) is 17.2 Å². The summed E-state index contributed by atoms with van der Waals surface area (Å²) in [5.74, 6) is 0.794. The Bertz CT molecular complexity index is 1380. The van der Waals surface area contributed by atoms with Crippen LogP contribution in [-0.2, 0) is 0 Å². The first-order valence-corrected chi connectivity index (χ1v) is 11.3. The fourth-order valence-electron chi connectivity index (χ4n) is 5.08. The van der Waals surface area contributed by atoms with Crippen LogP contribution in [0.2, 0.25) is 0 Å². The number of carbonyl (C=O) groups excluding carboxylic acids is 1. The van der Waals surface area contributed by atoms with Gasteiger partial charge in [0.05, 0.1) is 0 Å². The number of benzene rings is 1. The van der Waals surface area contributed by atoms with Gasteiger partial charge < -0.3 is 14.3 Å². The Morgan fingerprint density at radius 1 is 0.970 bits per heavy atom. The molecule has 1 amide bonds. The largest absolute Gasteiger partial charge is 0.350 e.